The molecule has 1 aromatic carbocycles. The summed E-state index contributed by atoms with van der Waals surface area (Å²) in [4.78, 5) is 48.2. The molecular formula is C31H41N3O6. The second kappa shape index (κ2) is 10.7. The van der Waals surface area contributed by atoms with Crippen LogP contribution in [0, 0.1) is 11.8 Å². The van der Waals surface area contributed by atoms with E-state index in [4.69, 9.17) is 9.47 Å². The van der Waals surface area contributed by atoms with Crippen LogP contribution in [-0.4, -0.2) is 88.3 Å². The number of rotatable bonds is 8. The molecule has 4 heterocycles. The molecule has 1 N–H and O–H groups in total. The number of likely N-dealkylation sites (tertiary alicyclic amines) is 1. The second-order valence-electron chi connectivity index (χ2n) is 11.4. The van der Waals surface area contributed by atoms with Crippen LogP contribution in [0.2, 0.25) is 0 Å². The third-order valence-corrected chi connectivity index (χ3v) is 9.07. The summed E-state index contributed by atoms with van der Waals surface area (Å²) < 4.78 is 12.6. The molecule has 4 aliphatic rings. The van der Waals surface area contributed by atoms with Crippen molar-refractivity contribution in [2.45, 2.75) is 76.8 Å². The number of anilines is 1. The molecule has 216 valence electrons. The normalized spacial score (nSPS) is 32.2. The molecule has 6 atom stereocenters. The quantitative estimate of drug-likeness (QED) is 0.499. The van der Waals surface area contributed by atoms with E-state index in [0.717, 1.165) is 0 Å². The number of amides is 3. The predicted molar refractivity (Wildman–Crippen MR) is 151 cm³/mol. The van der Waals surface area contributed by atoms with Crippen molar-refractivity contribution >= 4 is 23.4 Å². The van der Waals surface area contributed by atoms with Crippen LogP contribution in [0.5, 0.6) is 5.75 Å². The van der Waals surface area contributed by atoms with E-state index in [1.165, 1.54) is 4.90 Å². The summed E-state index contributed by atoms with van der Waals surface area (Å²) in [7, 11) is 0. The lowest BCUT2D eigenvalue weighted by molar-refractivity contribution is -0.156. The molecule has 2 fully saturated rings. The maximum Gasteiger partial charge on any atom is 0.249 e. The summed E-state index contributed by atoms with van der Waals surface area (Å²) in [5.74, 6) is -1.79. The summed E-state index contributed by atoms with van der Waals surface area (Å²) in [5.41, 5.74) is -1.69. The molecule has 2 saturated heterocycles. The van der Waals surface area contributed by atoms with Crippen molar-refractivity contribution in [1.29, 1.82) is 0 Å². The number of hydrogen-bond acceptors (Lipinski definition) is 6. The van der Waals surface area contributed by atoms with Gasteiger partial charge in [-0.05, 0) is 57.9 Å². The predicted octanol–water partition coefficient (Wildman–Crippen LogP) is 2.93. The minimum Gasteiger partial charge on any atom is -0.494 e. The Hall–Kier alpha value is -3.17. The topological polar surface area (TPSA) is 99.6 Å². The number of aliphatic hydroxyl groups is 1. The molecule has 0 saturated carbocycles. The SMILES string of the molecule is CCOc1ccc(N2CC=C[C@@]3(CC)O[C@]45C=CCN(C(C)C)C(=O)C4N([C@@H](CC)CO)C(=O)[C@@H]5[C@H]3C2=O)cc1. The van der Waals surface area contributed by atoms with Gasteiger partial charge in [0.05, 0.1) is 36.7 Å². The van der Waals surface area contributed by atoms with E-state index < -0.39 is 35.1 Å². The van der Waals surface area contributed by atoms with Gasteiger partial charge in [0.25, 0.3) is 0 Å². The van der Waals surface area contributed by atoms with Gasteiger partial charge in [-0.25, -0.2) is 0 Å². The lowest BCUT2D eigenvalue weighted by atomic mass is 9.73. The van der Waals surface area contributed by atoms with Crippen LogP contribution in [0.15, 0.2) is 48.6 Å². The minimum atomic E-state index is -1.33. The Balaban J connectivity index is 1.65. The molecule has 1 aromatic rings. The molecule has 0 aliphatic carbocycles. The first-order valence-corrected chi connectivity index (χ1v) is 14.5. The molecule has 0 bridgehead atoms. The fourth-order valence-electron chi connectivity index (χ4n) is 7.11. The van der Waals surface area contributed by atoms with Crippen LogP contribution in [0.3, 0.4) is 0 Å². The van der Waals surface area contributed by atoms with Gasteiger partial charge in [-0.2, -0.15) is 0 Å². The lowest BCUT2D eigenvalue weighted by Gasteiger charge is -2.41. The molecule has 5 rings (SSSR count). The molecule has 1 spiro atoms. The molecule has 9 nitrogen and oxygen atoms in total. The van der Waals surface area contributed by atoms with Crippen molar-refractivity contribution in [3.63, 3.8) is 0 Å². The first kappa shape index (κ1) is 28.4. The van der Waals surface area contributed by atoms with Crippen LogP contribution < -0.4 is 9.64 Å². The lowest BCUT2D eigenvalue weighted by Crippen LogP contribution is -2.59. The number of carbonyl (C=O) groups is 3. The minimum absolute atomic E-state index is 0.0961. The van der Waals surface area contributed by atoms with Gasteiger partial charge >= 0.3 is 0 Å². The molecule has 9 heteroatoms. The number of benzene rings is 1. The van der Waals surface area contributed by atoms with E-state index in [2.05, 4.69) is 0 Å². The standard InChI is InChI=1S/C31H41N3O6/c1-6-21(19-35)34-26-29(38)32(20(4)5)17-10-16-31(26)25(28(34)37)24-27(36)33(18-9-15-30(24,7-2)40-31)22-11-13-23(14-12-22)39-8-3/h9-16,20-21,24-26,35H,6-8,17-19H2,1-5H3/t21-,24-,25-,26?,30+,31-/m0/s1. The third kappa shape index (κ3) is 4.08. The Morgan fingerprint density at radius 2 is 1.68 bits per heavy atom. The second-order valence-corrected chi connectivity index (χ2v) is 11.4. The summed E-state index contributed by atoms with van der Waals surface area (Å²) in [5, 5.41) is 10.3. The highest BCUT2D eigenvalue weighted by atomic mass is 16.5. The molecule has 0 radical (unpaired) electrons. The molecule has 40 heavy (non-hydrogen) atoms. The van der Waals surface area contributed by atoms with Crippen molar-refractivity contribution < 1.29 is 29.0 Å². The zero-order valence-corrected chi connectivity index (χ0v) is 24.1. The highest BCUT2D eigenvalue weighted by molar-refractivity contribution is 6.04. The van der Waals surface area contributed by atoms with Gasteiger partial charge in [-0.1, -0.05) is 38.2 Å². The van der Waals surface area contributed by atoms with Crippen LogP contribution >= 0.6 is 0 Å². The van der Waals surface area contributed by atoms with Crippen LogP contribution in [0.4, 0.5) is 5.69 Å². The highest BCUT2D eigenvalue weighted by Crippen LogP contribution is 2.59. The Morgan fingerprint density at radius 3 is 2.27 bits per heavy atom. The Labute approximate surface area is 236 Å². The Morgan fingerprint density at radius 1 is 0.975 bits per heavy atom. The number of hydrogen-bond donors (Lipinski definition) is 1. The first-order valence-electron chi connectivity index (χ1n) is 14.5. The Bertz CT molecular complexity index is 1210. The van der Waals surface area contributed by atoms with E-state index >= 15 is 0 Å². The van der Waals surface area contributed by atoms with Crippen molar-refractivity contribution in [2.24, 2.45) is 11.8 Å². The number of fused-ring (bicyclic) bond motifs is 2. The van der Waals surface area contributed by atoms with Gasteiger partial charge in [0, 0.05) is 24.8 Å². The monoisotopic (exact) mass is 551 g/mol. The van der Waals surface area contributed by atoms with Crippen LogP contribution in [-0.2, 0) is 19.1 Å². The molecule has 0 aromatic heterocycles. The van der Waals surface area contributed by atoms with Gasteiger partial charge in [0.2, 0.25) is 17.7 Å². The molecule has 4 aliphatic heterocycles. The summed E-state index contributed by atoms with van der Waals surface area (Å²) in [6.45, 7) is 10.6. The largest absolute Gasteiger partial charge is 0.494 e. The van der Waals surface area contributed by atoms with E-state index in [1.807, 2.05) is 83.2 Å². The number of carbonyl (C=O) groups excluding carboxylic acids is 3. The third-order valence-electron chi connectivity index (χ3n) is 9.07. The highest BCUT2D eigenvalue weighted by Gasteiger charge is 2.76. The first-order chi connectivity index (χ1) is 19.2. The maximum absolute atomic E-state index is 14.6. The van der Waals surface area contributed by atoms with Crippen molar-refractivity contribution in [3.8, 4) is 5.75 Å². The fraction of sp³-hybridized carbons (Fsp3) is 0.581. The molecular weight excluding hydrogens is 510 g/mol. The summed E-state index contributed by atoms with van der Waals surface area (Å²) in [6.07, 6.45) is 8.54. The number of ether oxygens (including phenoxy) is 2. The van der Waals surface area contributed by atoms with Gasteiger partial charge in [0.15, 0.2) is 0 Å². The summed E-state index contributed by atoms with van der Waals surface area (Å²) in [6, 6.07) is 5.73. The van der Waals surface area contributed by atoms with Gasteiger partial charge in [0.1, 0.15) is 17.4 Å². The van der Waals surface area contributed by atoms with E-state index in [-0.39, 0.29) is 30.4 Å². The van der Waals surface area contributed by atoms with Crippen molar-refractivity contribution in [2.75, 3.05) is 31.2 Å². The number of aliphatic hydroxyl groups excluding tert-OH is 1. The van der Waals surface area contributed by atoms with Gasteiger partial charge in [-0.3, -0.25) is 14.4 Å². The smallest absolute Gasteiger partial charge is 0.249 e. The average molecular weight is 552 g/mol. The van der Waals surface area contributed by atoms with Crippen LogP contribution in [0.25, 0.3) is 0 Å². The Kier molecular flexibility index (Phi) is 7.56. The average Bonchev–Trinajstić information content (AvgIpc) is 3.23. The van der Waals surface area contributed by atoms with Crippen molar-refractivity contribution in [3.05, 3.63) is 48.6 Å². The van der Waals surface area contributed by atoms with E-state index in [0.29, 0.717) is 44.0 Å². The van der Waals surface area contributed by atoms with Gasteiger partial charge < -0.3 is 29.3 Å². The molecule has 3 amide bonds. The van der Waals surface area contributed by atoms with Crippen LogP contribution in [0.1, 0.15) is 47.5 Å². The number of nitrogens with zero attached hydrogens (tertiary/aromatic N) is 3. The fourth-order valence-corrected chi connectivity index (χ4v) is 7.11. The van der Waals surface area contributed by atoms with E-state index in [1.54, 1.807) is 9.80 Å². The summed E-state index contributed by atoms with van der Waals surface area (Å²) >= 11 is 0. The molecule has 1 unspecified atom stereocenters. The zero-order chi connectivity index (χ0) is 28.8. The van der Waals surface area contributed by atoms with Gasteiger partial charge in [-0.15, -0.1) is 0 Å². The van der Waals surface area contributed by atoms with Crippen molar-refractivity contribution in [1.82, 2.24) is 9.80 Å². The maximum atomic E-state index is 14.6. The van der Waals surface area contributed by atoms with E-state index in [9.17, 15) is 19.5 Å². The zero-order valence-electron chi connectivity index (χ0n) is 24.1.